The number of fused-ring (bicyclic) bond motifs is 1. The molecule has 2 unspecified atom stereocenters. The largest absolute Gasteiger partial charge is 0.497 e. The maximum absolute atomic E-state index is 13.5. The molecule has 1 aliphatic heterocycles. The zero-order valence-electron chi connectivity index (χ0n) is 31.0. The number of hydrogen-bond donors (Lipinski definition) is 0. The molecule has 0 spiro atoms. The lowest BCUT2D eigenvalue weighted by molar-refractivity contribution is 0.0941. The van der Waals surface area contributed by atoms with Gasteiger partial charge in [-0.15, -0.1) is 5.10 Å². The third-order valence-electron chi connectivity index (χ3n) is 9.81. The number of aliphatic imine (C=N–C) groups is 1. The van der Waals surface area contributed by atoms with Crippen LogP contribution in [0.3, 0.4) is 0 Å². The van der Waals surface area contributed by atoms with Gasteiger partial charge in [-0.05, 0) is 61.4 Å². The number of carbonyl (C=O) groups is 1. The summed E-state index contributed by atoms with van der Waals surface area (Å²) in [6.07, 6.45) is 9.86. The molecule has 4 aromatic rings. The first-order valence-corrected chi connectivity index (χ1v) is 19.3. The number of unbranched alkanes of at least 4 members (excludes halogenated alkanes) is 2. The normalized spacial score (nSPS) is 14.8. The topological polar surface area (TPSA) is 109 Å². The lowest BCUT2D eigenvalue weighted by Gasteiger charge is -2.30. The van der Waals surface area contributed by atoms with E-state index in [1.165, 1.54) is 43.2 Å². The van der Waals surface area contributed by atoms with Crippen molar-refractivity contribution in [1.29, 1.82) is 5.26 Å². The fourth-order valence-electron chi connectivity index (χ4n) is 6.56. The molecule has 0 fully saturated rings. The van der Waals surface area contributed by atoms with E-state index in [0.717, 1.165) is 53.6 Å². The highest BCUT2D eigenvalue weighted by Gasteiger charge is 2.33. The first kappa shape index (κ1) is 37.6. The lowest BCUT2D eigenvalue weighted by atomic mass is 9.96. The first-order valence-electron chi connectivity index (χ1n) is 18.5. The lowest BCUT2D eigenvalue weighted by Crippen LogP contribution is -2.34. The number of aromatic nitrogens is 4. The van der Waals surface area contributed by atoms with Gasteiger partial charge in [0, 0.05) is 30.6 Å². The van der Waals surface area contributed by atoms with E-state index in [1.54, 1.807) is 25.4 Å². The Morgan fingerprint density at radius 3 is 2.16 bits per heavy atom. The molecule has 10 heteroatoms. The monoisotopic (exact) mass is 705 g/mol. The van der Waals surface area contributed by atoms with Gasteiger partial charge in [-0.3, -0.25) is 4.79 Å². The van der Waals surface area contributed by atoms with Crippen LogP contribution in [-0.2, 0) is 6.42 Å². The third kappa shape index (κ3) is 9.01. The van der Waals surface area contributed by atoms with Crippen LogP contribution in [0.1, 0.15) is 108 Å². The summed E-state index contributed by atoms with van der Waals surface area (Å²) >= 11 is 1.56. The van der Waals surface area contributed by atoms with E-state index in [4.69, 9.17) is 19.7 Å². The summed E-state index contributed by atoms with van der Waals surface area (Å²) in [5, 5.41) is 16.3. The van der Waals surface area contributed by atoms with Gasteiger partial charge in [0.1, 0.15) is 33.8 Å². The van der Waals surface area contributed by atoms with Crippen molar-refractivity contribution in [3.63, 3.8) is 0 Å². The van der Waals surface area contributed by atoms with Gasteiger partial charge in [-0.2, -0.15) is 9.94 Å². The molecular formula is C41H51N7O2S. The Balaban J connectivity index is 1.65. The number of allylic oxidation sites excluding steroid dienone is 2. The van der Waals surface area contributed by atoms with Crippen molar-refractivity contribution < 1.29 is 9.53 Å². The van der Waals surface area contributed by atoms with Crippen molar-refractivity contribution >= 4 is 33.1 Å². The minimum atomic E-state index is -0.488. The number of carbonyl (C=O) groups excluding carboxylic acids is 1. The van der Waals surface area contributed by atoms with Gasteiger partial charge >= 0.3 is 0 Å². The van der Waals surface area contributed by atoms with E-state index in [-0.39, 0.29) is 5.57 Å². The minimum Gasteiger partial charge on any atom is -0.497 e. The Bertz CT molecular complexity index is 1850. The maximum atomic E-state index is 13.5. The van der Waals surface area contributed by atoms with E-state index < -0.39 is 5.91 Å². The molecule has 9 nitrogen and oxygen atoms in total. The molecule has 0 amide bonds. The number of nitrogens with zero attached hydrogens (tertiary/aromatic N) is 7. The molecule has 0 bridgehead atoms. The maximum Gasteiger partial charge on any atom is 0.291 e. The number of anilines is 1. The summed E-state index contributed by atoms with van der Waals surface area (Å²) in [6.45, 7) is 12.8. The molecule has 3 heterocycles. The SMILES string of the molecule is CCCCC(CC)CN(CC(CC)CCCC)c1nc(-c2ccc(OC)cc2)c(N=C2C(C)=C(C#N)C(=O)n3nc(Cc4ccccc4)nc32)s1. The summed E-state index contributed by atoms with van der Waals surface area (Å²) in [6, 6.07) is 19.9. The molecule has 0 saturated heterocycles. The van der Waals surface area contributed by atoms with E-state index >= 15 is 0 Å². The zero-order chi connectivity index (χ0) is 36.3. The number of thiazole rings is 1. The van der Waals surface area contributed by atoms with E-state index in [9.17, 15) is 10.1 Å². The predicted octanol–water partition coefficient (Wildman–Crippen LogP) is 9.85. The van der Waals surface area contributed by atoms with Crippen molar-refractivity contribution in [2.24, 2.45) is 16.8 Å². The van der Waals surface area contributed by atoms with Gasteiger partial charge < -0.3 is 9.64 Å². The van der Waals surface area contributed by atoms with Gasteiger partial charge in [-0.1, -0.05) is 108 Å². The quantitative estimate of drug-likeness (QED) is 0.101. The van der Waals surface area contributed by atoms with Crippen LogP contribution in [0.5, 0.6) is 5.75 Å². The van der Waals surface area contributed by atoms with Gasteiger partial charge in [0.25, 0.3) is 5.91 Å². The number of benzene rings is 2. The Morgan fingerprint density at radius 1 is 0.941 bits per heavy atom. The zero-order valence-corrected chi connectivity index (χ0v) is 31.8. The second-order valence-electron chi connectivity index (χ2n) is 13.4. The third-order valence-corrected chi connectivity index (χ3v) is 10.8. The highest BCUT2D eigenvalue weighted by molar-refractivity contribution is 7.19. The minimum absolute atomic E-state index is 0.0122. The summed E-state index contributed by atoms with van der Waals surface area (Å²) < 4.78 is 6.71. The molecule has 2 aromatic carbocycles. The summed E-state index contributed by atoms with van der Waals surface area (Å²) in [7, 11) is 1.66. The van der Waals surface area contributed by atoms with E-state index in [1.807, 2.05) is 54.6 Å². The molecule has 0 saturated carbocycles. The van der Waals surface area contributed by atoms with Crippen LogP contribution in [0.15, 0.2) is 70.7 Å². The van der Waals surface area contributed by atoms with Crippen LogP contribution in [0, 0.1) is 23.2 Å². The highest BCUT2D eigenvalue weighted by atomic mass is 32.1. The molecule has 268 valence electrons. The summed E-state index contributed by atoms with van der Waals surface area (Å²) in [5.41, 5.74) is 3.64. The highest BCUT2D eigenvalue weighted by Crippen LogP contribution is 2.42. The van der Waals surface area contributed by atoms with Crippen LogP contribution in [0.25, 0.3) is 11.3 Å². The number of nitriles is 1. The molecule has 2 aromatic heterocycles. The van der Waals surface area contributed by atoms with Crippen LogP contribution in [0.2, 0.25) is 0 Å². The standard InChI is InChI=1S/C41H51N7O2S/c1-7-11-16-29(9-3)26-47(27-30(10-4)17-12-8-2)41-45-37(32-20-22-33(50-6)23-21-32)39(51-41)44-36-28(5)34(25-42)40(49)48-38(36)43-35(46-48)24-31-18-14-13-15-19-31/h13-15,18-23,29-30H,7-12,16-17,24,26-27H2,1-6H3. The average molecular weight is 706 g/mol. The Labute approximate surface area is 307 Å². The van der Waals surface area contributed by atoms with E-state index in [0.29, 0.717) is 46.2 Å². The molecule has 5 rings (SSSR count). The Hall–Kier alpha value is -4.62. The molecular weight excluding hydrogens is 655 g/mol. The van der Waals surface area contributed by atoms with Crippen molar-refractivity contribution in [3.05, 3.63) is 83.0 Å². The smallest absolute Gasteiger partial charge is 0.291 e. The van der Waals surface area contributed by atoms with Crippen molar-refractivity contribution in [3.8, 4) is 23.1 Å². The average Bonchev–Trinajstić information content (AvgIpc) is 3.78. The summed E-state index contributed by atoms with van der Waals surface area (Å²) in [5.74, 6) is 2.22. The fraction of sp³-hybridized carbons (Fsp3) is 0.463. The Kier molecular flexibility index (Phi) is 13.3. The van der Waals surface area contributed by atoms with Crippen molar-refractivity contribution in [2.75, 3.05) is 25.1 Å². The number of hydrogen-bond acceptors (Lipinski definition) is 9. The predicted molar refractivity (Wildman–Crippen MR) is 207 cm³/mol. The van der Waals surface area contributed by atoms with Gasteiger partial charge in [-0.25, -0.2) is 15.0 Å². The second kappa shape index (κ2) is 18.0. The molecule has 2 atom stereocenters. The van der Waals surface area contributed by atoms with Crippen LogP contribution < -0.4 is 9.64 Å². The molecule has 51 heavy (non-hydrogen) atoms. The van der Waals surface area contributed by atoms with E-state index in [2.05, 4.69) is 43.8 Å². The number of methoxy groups -OCH3 is 1. The van der Waals surface area contributed by atoms with Crippen molar-refractivity contribution in [1.82, 2.24) is 19.7 Å². The van der Waals surface area contributed by atoms with Gasteiger partial charge in [0.15, 0.2) is 16.8 Å². The van der Waals surface area contributed by atoms with Crippen LogP contribution in [-0.4, -0.2) is 51.6 Å². The fourth-order valence-corrected chi connectivity index (χ4v) is 7.55. The number of rotatable bonds is 18. The van der Waals surface area contributed by atoms with Crippen LogP contribution >= 0.6 is 11.3 Å². The molecule has 0 radical (unpaired) electrons. The molecule has 0 N–H and O–H groups in total. The Morgan fingerprint density at radius 2 is 1.59 bits per heavy atom. The first-order chi connectivity index (χ1) is 24.8. The number of ether oxygens (including phenoxy) is 1. The molecule has 0 aliphatic carbocycles. The molecule has 1 aliphatic rings. The van der Waals surface area contributed by atoms with Gasteiger partial charge in [0.2, 0.25) is 0 Å². The van der Waals surface area contributed by atoms with Gasteiger partial charge in [0.05, 0.1) is 7.11 Å². The van der Waals surface area contributed by atoms with Crippen LogP contribution in [0.4, 0.5) is 10.1 Å². The second-order valence-corrected chi connectivity index (χ2v) is 14.4. The van der Waals surface area contributed by atoms with Crippen molar-refractivity contribution in [2.45, 2.75) is 92.4 Å². The summed E-state index contributed by atoms with van der Waals surface area (Å²) in [4.78, 5) is 31.4.